The van der Waals surface area contributed by atoms with Crippen molar-refractivity contribution in [3.63, 3.8) is 0 Å². The molecule has 0 aliphatic carbocycles. The van der Waals surface area contributed by atoms with Crippen LogP contribution in [0.3, 0.4) is 0 Å². The van der Waals surface area contributed by atoms with Crippen molar-refractivity contribution in [2.75, 3.05) is 19.5 Å². The Hall–Kier alpha value is -3.06. The van der Waals surface area contributed by atoms with Gasteiger partial charge in [0.05, 0.1) is 25.5 Å². The van der Waals surface area contributed by atoms with E-state index in [1.807, 2.05) is 24.3 Å². The quantitative estimate of drug-likeness (QED) is 0.659. The molecule has 2 aromatic carbocycles. The SMILES string of the molecule is COc1ccc(Cl)cc1NC(=O)CCc1nnc(-c2ccccc2OC)o1. The molecule has 0 bridgehead atoms. The number of benzene rings is 2. The molecule has 3 aromatic rings. The molecule has 0 unspecified atom stereocenters. The number of halogens is 1. The number of methoxy groups -OCH3 is 2. The van der Waals surface area contributed by atoms with E-state index in [2.05, 4.69) is 15.5 Å². The number of carbonyl (C=O) groups is 1. The molecular weight excluding hydrogens is 370 g/mol. The molecule has 1 N–H and O–H groups in total. The van der Waals surface area contributed by atoms with Crippen LogP contribution in [0.2, 0.25) is 5.02 Å². The minimum atomic E-state index is -0.215. The first-order chi connectivity index (χ1) is 13.1. The van der Waals surface area contributed by atoms with Crippen molar-refractivity contribution in [1.29, 1.82) is 0 Å². The van der Waals surface area contributed by atoms with Crippen LogP contribution >= 0.6 is 11.6 Å². The molecule has 1 aromatic heterocycles. The van der Waals surface area contributed by atoms with Gasteiger partial charge in [0.1, 0.15) is 11.5 Å². The summed E-state index contributed by atoms with van der Waals surface area (Å²) in [6.45, 7) is 0. The average Bonchev–Trinajstić information content (AvgIpc) is 3.15. The van der Waals surface area contributed by atoms with Gasteiger partial charge in [-0.05, 0) is 30.3 Å². The van der Waals surface area contributed by atoms with Crippen LogP contribution in [0.15, 0.2) is 46.9 Å². The Morgan fingerprint density at radius 2 is 1.89 bits per heavy atom. The summed E-state index contributed by atoms with van der Waals surface area (Å²) < 4.78 is 16.2. The molecule has 0 saturated heterocycles. The third-order valence-corrected chi connectivity index (χ3v) is 4.04. The first-order valence-electron chi connectivity index (χ1n) is 8.20. The van der Waals surface area contributed by atoms with E-state index in [0.717, 1.165) is 0 Å². The lowest BCUT2D eigenvalue weighted by Gasteiger charge is -2.10. The van der Waals surface area contributed by atoms with Crippen molar-refractivity contribution >= 4 is 23.2 Å². The average molecular weight is 388 g/mol. The highest BCUT2D eigenvalue weighted by Gasteiger charge is 2.14. The Labute approximate surface area is 161 Å². The Morgan fingerprint density at radius 3 is 2.67 bits per heavy atom. The number of aryl methyl sites for hydroxylation is 1. The molecule has 7 nitrogen and oxygen atoms in total. The number of para-hydroxylation sites is 1. The predicted molar refractivity (Wildman–Crippen MR) is 101 cm³/mol. The Bertz CT molecular complexity index is 942. The van der Waals surface area contributed by atoms with E-state index < -0.39 is 0 Å². The first kappa shape index (κ1) is 18.7. The fourth-order valence-corrected chi connectivity index (χ4v) is 2.67. The number of ether oxygens (including phenoxy) is 2. The lowest BCUT2D eigenvalue weighted by atomic mass is 10.2. The summed E-state index contributed by atoms with van der Waals surface area (Å²) in [4.78, 5) is 12.2. The number of rotatable bonds is 7. The maximum atomic E-state index is 12.2. The molecule has 0 aliphatic heterocycles. The molecule has 27 heavy (non-hydrogen) atoms. The molecule has 0 spiro atoms. The van der Waals surface area contributed by atoms with E-state index in [1.54, 1.807) is 25.3 Å². The van der Waals surface area contributed by atoms with Crippen LogP contribution in [0, 0.1) is 0 Å². The largest absolute Gasteiger partial charge is 0.496 e. The molecule has 3 rings (SSSR count). The van der Waals surface area contributed by atoms with E-state index in [9.17, 15) is 4.79 Å². The fourth-order valence-electron chi connectivity index (χ4n) is 2.50. The second-order valence-electron chi connectivity index (χ2n) is 5.59. The van der Waals surface area contributed by atoms with Gasteiger partial charge >= 0.3 is 0 Å². The van der Waals surface area contributed by atoms with E-state index >= 15 is 0 Å². The van der Waals surface area contributed by atoms with Crippen LogP contribution in [0.25, 0.3) is 11.5 Å². The van der Waals surface area contributed by atoms with Gasteiger partial charge in [0, 0.05) is 17.9 Å². The molecule has 140 valence electrons. The summed E-state index contributed by atoms with van der Waals surface area (Å²) in [7, 11) is 3.10. The zero-order valence-electron chi connectivity index (χ0n) is 14.9. The highest BCUT2D eigenvalue weighted by Crippen LogP contribution is 2.29. The van der Waals surface area contributed by atoms with E-state index in [0.29, 0.717) is 46.0 Å². The maximum absolute atomic E-state index is 12.2. The molecule has 1 amide bonds. The van der Waals surface area contributed by atoms with Crippen molar-refractivity contribution in [1.82, 2.24) is 10.2 Å². The van der Waals surface area contributed by atoms with Gasteiger partial charge in [-0.3, -0.25) is 4.79 Å². The van der Waals surface area contributed by atoms with Crippen molar-refractivity contribution in [2.24, 2.45) is 0 Å². The van der Waals surface area contributed by atoms with Crippen molar-refractivity contribution < 1.29 is 18.7 Å². The molecule has 0 atom stereocenters. The minimum Gasteiger partial charge on any atom is -0.496 e. The summed E-state index contributed by atoms with van der Waals surface area (Å²) in [5.74, 6) is 1.67. The molecular formula is C19H18ClN3O4. The molecule has 0 aliphatic rings. The topological polar surface area (TPSA) is 86.5 Å². The third kappa shape index (κ3) is 4.57. The number of nitrogens with one attached hydrogen (secondary N) is 1. The summed E-state index contributed by atoms with van der Waals surface area (Å²) in [6, 6.07) is 12.4. The van der Waals surface area contributed by atoms with Crippen LogP contribution in [-0.2, 0) is 11.2 Å². The van der Waals surface area contributed by atoms with Crippen LogP contribution in [0.5, 0.6) is 11.5 Å². The van der Waals surface area contributed by atoms with Crippen LogP contribution < -0.4 is 14.8 Å². The van der Waals surface area contributed by atoms with Gasteiger partial charge < -0.3 is 19.2 Å². The third-order valence-electron chi connectivity index (χ3n) is 3.81. The Balaban J connectivity index is 1.63. The minimum absolute atomic E-state index is 0.170. The zero-order chi connectivity index (χ0) is 19.2. The Morgan fingerprint density at radius 1 is 1.11 bits per heavy atom. The fraction of sp³-hybridized carbons (Fsp3) is 0.211. The zero-order valence-corrected chi connectivity index (χ0v) is 15.6. The predicted octanol–water partition coefficient (Wildman–Crippen LogP) is 3.98. The molecule has 0 fully saturated rings. The second kappa shape index (κ2) is 8.55. The maximum Gasteiger partial charge on any atom is 0.251 e. The number of hydrogen-bond acceptors (Lipinski definition) is 6. The summed E-state index contributed by atoms with van der Waals surface area (Å²) in [5, 5.41) is 11.3. The van der Waals surface area contributed by atoms with Gasteiger partial charge in [-0.2, -0.15) is 0 Å². The lowest BCUT2D eigenvalue weighted by Crippen LogP contribution is -2.13. The van der Waals surface area contributed by atoms with Crippen LogP contribution in [0.1, 0.15) is 12.3 Å². The summed E-state index contributed by atoms with van der Waals surface area (Å²) >= 11 is 5.97. The molecule has 0 radical (unpaired) electrons. The van der Waals surface area contributed by atoms with Gasteiger partial charge in [0.25, 0.3) is 5.89 Å². The van der Waals surface area contributed by atoms with Crippen LogP contribution in [-0.4, -0.2) is 30.3 Å². The smallest absolute Gasteiger partial charge is 0.251 e. The molecule has 8 heteroatoms. The molecule has 1 heterocycles. The first-order valence-corrected chi connectivity index (χ1v) is 8.57. The summed E-state index contributed by atoms with van der Waals surface area (Å²) in [5.41, 5.74) is 1.21. The lowest BCUT2D eigenvalue weighted by molar-refractivity contribution is -0.116. The van der Waals surface area contributed by atoms with Crippen molar-refractivity contribution in [3.8, 4) is 23.0 Å². The molecule has 0 saturated carbocycles. The van der Waals surface area contributed by atoms with Gasteiger partial charge in [0.2, 0.25) is 11.8 Å². The van der Waals surface area contributed by atoms with E-state index in [4.69, 9.17) is 25.5 Å². The summed E-state index contributed by atoms with van der Waals surface area (Å²) in [6.07, 6.45) is 0.472. The Kier molecular flexibility index (Phi) is 5.93. The highest BCUT2D eigenvalue weighted by molar-refractivity contribution is 6.31. The number of aromatic nitrogens is 2. The number of hydrogen-bond donors (Lipinski definition) is 1. The van der Waals surface area contributed by atoms with E-state index in [1.165, 1.54) is 7.11 Å². The monoisotopic (exact) mass is 387 g/mol. The second-order valence-corrected chi connectivity index (χ2v) is 6.03. The van der Waals surface area contributed by atoms with Gasteiger partial charge in [0.15, 0.2) is 0 Å². The van der Waals surface area contributed by atoms with Gasteiger partial charge in [-0.1, -0.05) is 23.7 Å². The van der Waals surface area contributed by atoms with E-state index in [-0.39, 0.29) is 12.3 Å². The van der Waals surface area contributed by atoms with Crippen LogP contribution in [0.4, 0.5) is 5.69 Å². The number of anilines is 1. The number of nitrogens with zero attached hydrogens (tertiary/aromatic N) is 2. The normalized spacial score (nSPS) is 10.5. The van der Waals surface area contributed by atoms with Crippen molar-refractivity contribution in [2.45, 2.75) is 12.8 Å². The number of carbonyl (C=O) groups excluding carboxylic acids is 1. The standard InChI is InChI=1S/C19H18ClN3O4/c1-25-15-6-4-3-5-13(15)19-23-22-18(27-19)10-9-17(24)21-14-11-12(20)7-8-16(14)26-2/h3-8,11H,9-10H2,1-2H3,(H,21,24). The number of amides is 1. The van der Waals surface area contributed by atoms with Gasteiger partial charge in [-0.25, -0.2) is 0 Å². The highest BCUT2D eigenvalue weighted by atomic mass is 35.5. The van der Waals surface area contributed by atoms with Gasteiger partial charge in [-0.15, -0.1) is 10.2 Å². The van der Waals surface area contributed by atoms with Crippen molar-refractivity contribution in [3.05, 3.63) is 53.4 Å².